The largest absolute Gasteiger partial charge is 0.470 e. The van der Waals surface area contributed by atoms with Crippen molar-refractivity contribution in [3.05, 3.63) is 23.1 Å². The molecule has 8 heavy (non-hydrogen) atoms. The van der Waals surface area contributed by atoms with E-state index in [9.17, 15) is 4.79 Å². The lowest BCUT2D eigenvalue weighted by molar-refractivity contribution is 0.112. The van der Waals surface area contributed by atoms with Crippen molar-refractivity contribution >= 4 is 17.9 Å². The summed E-state index contributed by atoms with van der Waals surface area (Å²) < 4.78 is 4.57. The lowest BCUT2D eigenvalue weighted by Gasteiger charge is -1.73. The Labute approximate surface area is 51.1 Å². The highest BCUT2D eigenvalue weighted by molar-refractivity contribution is 6.32. The number of carbonyl (C=O) groups excluding carboxylic acids is 1. The highest BCUT2D eigenvalue weighted by Gasteiger charge is 1.97. The first-order valence-corrected chi connectivity index (χ1v) is 2.39. The minimum Gasteiger partial charge on any atom is -0.470 e. The van der Waals surface area contributed by atoms with Crippen LogP contribution in [0.4, 0.5) is 0 Å². The molecule has 42 valence electrons. The summed E-state index contributed by atoms with van der Waals surface area (Å²) in [6.45, 7) is 0. The van der Waals surface area contributed by atoms with Crippen LogP contribution in [0.5, 0.6) is 0 Å². The summed E-state index contributed by atoms with van der Waals surface area (Å²) in [5, 5.41) is 0.361. The molecule has 1 aromatic rings. The zero-order valence-electron chi connectivity index (χ0n) is 3.93. The van der Waals surface area contributed by atoms with Gasteiger partial charge in [0.1, 0.15) is 12.5 Å². The molecule has 0 N–H and O–H groups in total. The van der Waals surface area contributed by atoms with Crippen LogP contribution in [-0.2, 0) is 0 Å². The third-order valence-electron chi connectivity index (χ3n) is 0.769. The maximum absolute atomic E-state index is 9.94. The summed E-state index contributed by atoms with van der Waals surface area (Å²) in [5.74, 6) is 0. The first kappa shape index (κ1) is 5.38. The van der Waals surface area contributed by atoms with Gasteiger partial charge in [0, 0.05) is 0 Å². The van der Waals surface area contributed by atoms with Crippen LogP contribution in [0.3, 0.4) is 0 Å². The second-order valence-electron chi connectivity index (χ2n) is 1.29. The molecule has 0 fully saturated rings. The summed E-state index contributed by atoms with van der Waals surface area (Å²) >= 11 is 5.41. The molecule has 0 saturated carbocycles. The lowest BCUT2D eigenvalue weighted by Crippen LogP contribution is -1.69. The Morgan fingerprint density at radius 2 is 2.38 bits per heavy atom. The average Bonchev–Trinajstić information content (AvgIpc) is 2.14. The predicted octanol–water partition coefficient (Wildman–Crippen LogP) is 1.75. The summed E-state index contributed by atoms with van der Waals surface area (Å²) in [5.41, 5.74) is 0.395. The fourth-order valence-electron chi connectivity index (χ4n) is 0.375. The highest BCUT2D eigenvalue weighted by atomic mass is 35.5. The van der Waals surface area contributed by atoms with Crippen LogP contribution in [0.15, 0.2) is 16.9 Å². The Hall–Kier alpha value is -0.760. The van der Waals surface area contributed by atoms with Crippen LogP contribution in [0.2, 0.25) is 5.02 Å². The fraction of sp³-hybridized carbons (Fsp3) is 0. The van der Waals surface area contributed by atoms with Crippen molar-refractivity contribution in [2.75, 3.05) is 0 Å². The number of hydrogen-bond acceptors (Lipinski definition) is 2. The number of furan rings is 1. The molecule has 0 bridgehead atoms. The van der Waals surface area contributed by atoms with Crippen molar-refractivity contribution in [2.24, 2.45) is 0 Å². The van der Waals surface area contributed by atoms with Gasteiger partial charge in [0.2, 0.25) is 0 Å². The van der Waals surface area contributed by atoms with Crippen molar-refractivity contribution in [2.45, 2.75) is 0 Å². The van der Waals surface area contributed by atoms with E-state index in [1.54, 1.807) is 0 Å². The van der Waals surface area contributed by atoms with E-state index in [4.69, 9.17) is 11.6 Å². The second kappa shape index (κ2) is 2.01. The smallest absolute Gasteiger partial charge is 0.154 e. The van der Waals surface area contributed by atoms with Gasteiger partial charge < -0.3 is 4.42 Å². The van der Waals surface area contributed by atoms with Crippen LogP contribution < -0.4 is 0 Å². The fourth-order valence-corrected chi connectivity index (χ4v) is 0.516. The van der Waals surface area contributed by atoms with E-state index in [1.807, 2.05) is 0 Å². The summed E-state index contributed by atoms with van der Waals surface area (Å²) in [4.78, 5) is 9.94. The molecule has 0 spiro atoms. The minimum absolute atomic E-state index is 0.361. The van der Waals surface area contributed by atoms with E-state index in [2.05, 4.69) is 4.42 Å². The first-order valence-electron chi connectivity index (χ1n) is 2.01. The summed E-state index contributed by atoms with van der Waals surface area (Å²) in [6.07, 6.45) is 3.26. The zero-order valence-corrected chi connectivity index (χ0v) is 4.68. The summed E-state index contributed by atoms with van der Waals surface area (Å²) in [6, 6.07) is 0. The first-order chi connectivity index (χ1) is 3.84. The van der Waals surface area contributed by atoms with Gasteiger partial charge in [-0.3, -0.25) is 4.79 Å². The molecule has 0 amide bonds. The maximum atomic E-state index is 9.94. The molecule has 1 aromatic heterocycles. The third-order valence-corrected chi connectivity index (χ3v) is 1.08. The van der Waals surface area contributed by atoms with Gasteiger partial charge in [-0.05, 0) is 0 Å². The Morgan fingerprint density at radius 1 is 1.62 bits per heavy atom. The van der Waals surface area contributed by atoms with Crippen LogP contribution >= 0.6 is 11.6 Å². The molecule has 1 heterocycles. The second-order valence-corrected chi connectivity index (χ2v) is 1.70. The van der Waals surface area contributed by atoms with Gasteiger partial charge in [0.15, 0.2) is 6.29 Å². The standard InChI is InChI=1S/C5H3ClO2/c6-5-3-8-2-4(5)1-7/h1-3H. The van der Waals surface area contributed by atoms with Gasteiger partial charge >= 0.3 is 0 Å². The van der Waals surface area contributed by atoms with Crippen LogP contribution in [-0.4, -0.2) is 6.29 Å². The monoisotopic (exact) mass is 130 g/mol. The van der Waals surface area contributed by atoms with Gasteiger partial charge in [0.25, 0.3) is 0 Å². The molecule has 0 aromatic carbocycles. The van der Waals surface area contributed by atoms with E-state index in [0.717, 1.165) is 0 Å². The Balaban J connectivity index is 3.09. The molecular weight excluding hydrogens is 128 g/mol. The Bertz CT molecular complexity index is 192. The normalized spacial score (nSPS) is 9.12. The van der Waals surface area contributed by atoms with Gasteiger partial charge in [-0.1, -0.05) is 11.6 Å². The number of rotatable bonds is 1. The molecule has 0 aliphatic carbocycles. The SMILES string of the molecule is O=Cc1cocc1Cl. The van der Waals surface area contributed by atoms with E-state index in [-0.39, 0.29) is 0 Å². The van der Waals surface area contributed by atoms with Gasteiger partial charge in [-0.2, -0.15) is 0 Å². The minimum atomic E-state index is 0.361. The Morgan fingerprint density at radius 3 is 2.62 bits per heavy atom. The summed E-state index contributed by atoms with van der Waals surface area (Å²) in [7, 11) is 0. The van der Waals surface area contributed by atoms with Crippen molar-refractivity contribution < 1.29 is 9.21 Å². The van der Waals surface area contributed by atoms with Crippen molar-refractivity contribution in [3.63, 3.8) is 0 Å². The molecule has 0 aliphatic rings. The van der Waals surface area contributed by atoms with Gasteiger partial charge in [-0.15, -0.1) is 0 Å². The predicted molar refractivity (Wildman–Crippen MR) is 29.1 cm³/mol. The van der Waals surface area contributed by atoms with Crippen LogP contribution in [0, 0.1) is 0 Å². The molecular formula is C5H3ClO2. The molecule has 0 aliphatic heterocycles. The number of hydrogen-bond donors (Lipinski definition) is 0. The molecule has 0 saturated heterocycles. The van der Waals surface area contributed by atoms with E-state index in [0.29, 0.717) is 16.9 Å². The third kappa shape index (κ3) is 0.746. The van der Waals surface area contributed by atoms with Gasteiger partial charge in [0.05, 0.1) is 10.6 Å². The van der Waals surface area contributed by atoms with E-state index in [1.165, 1.54) is 12.5 Å². The zero-order chi connectivity index (χ0) is 5.98. The van der Waals surface area contributed by atoms with Crippen molar-refractivity contribution in [1.29, 1.82) is 0 Å². The molecule has 0 unspecified atom stereocenters. The number of carbonyl (C=O) groups is 1. The number of aldehydes is 1. The van der Waals surface area contributed by atoms with Crippen molar-refractivity contribution in [1.82, 2.24) is 0 Å². The topological polar surface area (TPSA) is 30.2 Å². The maximum Gasteiger partial charge on any atom is 0.154 e. The molecule has 0 radical (unpaired) electrons. The van der Waals surface area contributed by atoms with E-state index < -0.39 is 0 Å². The highest BCUT2D eigenvalue weighted by Crippen LogP contribution is 2.13. The van der Waals surface area contributed by atoms with Crippen molar-refractivity contribution in [3.8, 4) is 0 Å². The molecule has 0 atom stereocenters. The van der Waals surface area contributed by atoms with Crippen LogP contribution in [0.1, 0.15) is 10.4 Å². The molecule has 2 nitrogen and oxygen atoms in total. The molecule has 1 rings (SSSR count). The van der Waals surface area contributed by atoms with E-state index >= 15 is 0 Å². The average molecular weight is 131 g/mol. The van der Waals surface area contributed by atoms with Gasteiger partial charge in [-0.25, -0.2) is 0 Å². The number of halogens is 1. The lowest BCUT2D eigenvalue weighted by atomic mass is 10.4. The van der Waals surface area contributed by atoms with Crippen LogP contribution in [0.25, 0.3) is 0 Å². The molecule has 3 heteroatoms. The Kier molecular flexibility index (Phi) is 1.35. The quantitative estimate of drug-likeness (QED) is 0.542.